The molecule has 2 N–H and O–H groups in total. The Hall–Kier alpha value is -1.75. The average molecular weight is 376 g/mol. The minimum Gasteiger partial charge on any atom is -0.497 e. The van der Waals surface area contributed by atoms with Crippen LogP contribution in [0.15, 0.2) is 29.3 Å². The van der Waals surface area contributed by atoms with Crippen LogP contribution >= 0.6 is 0 Å². The fraction of sp³-hybridized carbons (Fsp3) is 0.682. The van der Waals surface area contributed by atoms with E-state index in [0.717, 1.165) is 37.8 Å². The van der Waals surface area contributed by atoms with Crippen LogP contribution in [-0.4, -0.2) is 46.9 Å². The summed E-state index contributed by atoms with van der Waals surface area (Å²) < 4.78 is 10.6. The zero-order valence-corrected chi connectivity index (χ0v) is 17.7. The second-order valence-corrected chi connectivity index (χ2v) is 8.34. The van der Waals surface area contributed by atoms with Crippen LogP contribution in [0, 0.1) is 5.41 Å². The second-order valence-electron chi connectivity index (χ2n) is 8.34. The molecule has 1 saturated carbocycles. The third-order valence-corrected chi connectivity index (χ3v) is 5.92. The number of aliphatic imine (C=N–C) groups is 1. The molecule has 5 nitrogen and oxygen atoms in total. The van der Waals surface area contributed by atoms with E-state index < -0.39 is 0 Å². The van der Waals surface area contributed by atoms with Crippen molar-refractivity contribution in [2.75, 3.05) is 41.0 Å². The number of hydrogen-bond acceptors (Lipinski definition) is 3. The maximum absolute atomic E-state index is 5.34. The molecule has 0 atom stereocenters. The van der Waals surface area contributed by atoms with Gasteiger partial charge < -0.3 is 20.1 Å². The van der Waals surface area contributed by atoms with Crippen molar-refractivity contribution in [2.45, 2.75) is 51.4 Å². The molecule has 0 unspecified atom stereocenters. The molecule has 0 aliphatic heterocycles. The van der Waals surface area contributed by atoms with Crippen molar-refractivity contribution in [3.8, 4) is 5.75 Å². The van der Waals surface area contributed by atoms with E-state index >= 15 is 0 Å². The van der Waals surface area contributed by atoms with Crippen molar-refractivity contribution in [3.05, 3.63) is 29.8 Å². The van der Waals surface area contributed by atoms with Crippen LogP contribution in [0.1, 0.15) is 51.5 Å². The molecule has 0 amide bonds. The maximum atomic E-state index is 5.34. The van der Waals surface area contributed by atoms with Crippen LogP contribution in [0.4, 0.5) is 0 Å². The Labute approximate surface area is 164 Å². The van der Waals surface area contributed by atoms with E-state index in [1.165, 1.54) is 31.2 Å². The largest absolute Gasteiger partial charge is 0.497 e. The lowest BCUT2D eigenvalue weighted by Crippen LogP contribution is -2.46. The second kappa shape index (κ2) is 9.98. The predicted molar refractivity (Wildman–Crippen MR) is 113 cm³/mol. The van der Waals surface area contributed by atoms with Crippen LogP contribution in [0.5, 0.6) is 5.75 Å². The Balaban J connectivity index is 1.90. The first kappa shape index (κ1) is 21.5. The third-order valence-electron chi connectivity index (χ3n) is 5.92. The number of nitrogens with zero attached hydrogens (tertiary/aromatic N) is 1. The number of ether oxygens (including phenoxy) is 2. The summed E-state index contributed by atoms with van der Waals surface area (Å²) >= 11 is 0. The van der Waals surface area contributed by atoms with E-state index in [9.17, 15) is 0 Å². The summed E-state index contributed by atoms with van der Waals surface area (Å²) in [5.74, 6) is 1.76. The maximum Gasteiger partial charge on any atom is 0.191 e. The highest BCUT2D eigenvalue weighted by Crippen LogP contribution is 2.40. The van der Waals surface area contributed by atoms with E-state index in [1.807, 2.05) is 19.2 Å². The fourth-order valence-corrected chi connectivity index (χ4v) is 3.90. The molecule has 5 heteroatoms. The lowest BCUT2D eigenvalue weighted by molar-refractivity contribution is 0.138. The number of benzene rings is 1. The summed E-state index contributed by atoms with van der Waals surface area (Å²) in [4.78, 5) is 4.43. The van der Waals surface area contributed by atoms with Gasteiger partial charge in [-0.25, -0.2) is 0 Å². The highest BCUT2D eigenvalue weighted by molar-refractivity contribution is 5.79. The Morgan fingerprint density at radius 1 is 1.11 bits per heavy atom. The molecule has 2 rings (SSSR count). The lowest BCUT2D eigenvalue weighted by Gasteiger charge is -2.31. The number of methoxy groups -OCH3 is 2. The first-order chi connectivity index (χ1) is 12.9. The van der Waals surface area contributed by atoms with Gasteiger partial charge in [-0.15, -0.1) is 0 Å². The van der Waals surface area contributed by atoms with Gasteiger partial charge in [-0.3, -0.25) is 4.99 Å². The zero-order valence-electron chi connectivity index (χ0n) is 17.7. The minimum absolute atomic E-state index is 0.00894. The molecule has 1 aliphatic rings. The van der Waals surface area contributed by atoms with E-state index in [2.05, 4.69) is 41.6 Å². The SMILES string of the molecule is CN=C(NCC1(CCOC)CCCC1)NCC(C)(C)c1ccc(OC)cc1. The van der Waals surface area contributed by atoms with Gasteiger partial charge in [0, 0.05) is 39.3 Å². The molecule has 1 aromatic rings. The number of guanidine groups is 1. The molecule has 0 saturated heterocycles. The van der Waals surface area contributed by atoms with Gasteiger partial charge in [0.25, 0.3) is 0 Å². The van der Waals surface area contributed by atoms with Crippen LogP contribution in [0.3, 0.4) is 0 Å². The van der Waals surface area contributed by atoms with Gasteiger partial charge in [-0.1, -0.05) is 38.8 Å². The van der Waals surface area contributed by atoms with Gasteiger partial charge in [-0.2, -0.15) is 0 Å². The summed E-state index contributed by atoms with van der Waals surface area (Å²) in [6.45, 7) is 7.08. The van der Waals surface area contributed by atoms with Crippen molar-refractivity contribution in [2.24, 2.45) is 10.4 Å². The van der Waals surface area contributed by atoms with Crippen LogP contribution < -0.4 is 15.4 Å². The summed E-state index contributed by atoms with van der Waals surface area (Å²) in [7, 11) is 5.32. The quantitative estimate of drug-likeness (QED) is 0.510. The van der Waals surface area contributed by atoms with Crippen LogP contribution in [0.25, 0.3) is 0 Å². The van der Waals surface area contributed by atoms with E-state index in [0.29, 0.717) is 5.41 Å². The Bertz CT molecular complexity index is 590. The molecule has 1 fully saturated rings. The van der Waals surface area contributed by atoms with Crippen LogP contribution in [-0.2, 0) is 10.2 Å². The number of rotatable bonds is 9. The van der Waals surface area contributed by atoms with Gasteiger partial charge in [0.2, 0.25) is 0 Å². The normalized spacial score (nSPS) is 17.0. The van der Waals surface area contributed by atoms with E-state index in [1.54, 1.807) is 14.2 Å². The molecule has 27 heavy (non-hydrogen) atoms. The number of nitrogens with one attached hydrogen (secondary N) is 2. The average Bonchev–Trinajstić information content (AvgIpc) is 3.15. The molecule has 0 aromatic heterocycles. The van der Waals surface area contributed by atoms with Crippen molar-refractivity contribution < 1.29 is 9.47 Å². The first-order valence-corrected chi connectivity index (χ1v) is 10.0. The topological polar surface area (TPSA) is 54.9 Å². The third kappa shape index (κ3) is 6.13. The first-order valence-electron chi connectivity index (χ1n) is 10.0. The Morgan fingerprint density at radius 2 is 1.78 bits per heavy atom. The van der Waals surface area contributed by atoms with Crippen molar-refractivity contribution in [3.63, 3.8) is 0 Å². The molecule has 0 spiro atoms. The van der Waals surface area contributed by atoms with Gasteiger partial charge in [-0.05, 0) is 42.4 Å². The Kier molecular flexibility index (Phi) is 7.96. The molecular weight excluding hydrogens is 338 g/mol. The predicted octanol–water partition coefficient (Wildman–Crippen LogP) is 3.73. The Morgan fingerprint density at radius 3 is 2.33 bits per heavy atom. The molecule has 0 heterocycles. The van der Waals surface area contributed by atoms with Crippen molar-refractivity contribution >= 4 is 5.96 Å². The summed E-state index contributed by atoms with van der Waals surface area (Å²) in [6, 6.07) is 8.30. The van der Waals surface area contributed by atoms with E-state index in [4.69, 9.17) is 9.47 Å². The van der Waals surface area contributed by atoms with Gasteiger partial charge in [0.05, 0.1) is 7.11 Å². The molecule has 0 bridgehead atoms. The monoisotopic (exact) mass is 375 g/mol. The minimum atomic E-state index is -0.00894. The molecule has 152 valence electrons. The lowest BCUT2D eigenvalue weighted by atomic mass is 9.83. The standard InChI is InChI=1S/C22H37N3O2/c1-21(2,18-8-10-19(27-5)11-9-18)16-24-20(23-3)25-17-22(14-15-26-4)12-6-7-13-22/h8-11H,6-7,12-17H2,1-5H3,(H2,23,24,25). The van der Waals surface area contributed by atoms with Crippen molar-refractivity contribution in [1.82, 2.24) is 10.6 Å². The summed E-state index contributed by atoms with van der Waals surface area (Å²) in [5.41, 5.74) is 1.61. The summed E-state index contributed by atoms with van der Waals surface area (Å²) in [5, 5.41) is 7.08. The molecule has 1 aromatic carbocycles. The highest BCUT2D eigenvalue weighted by Gasteiger charge is 2.33. The van der Waals surface area contributed by atoms with Gasteiger partial charge in [0.1, 0.15) is 5.75 Å². The molecule has 1 aliphatic carbocycles. The van der Waals surface area contributed by atoms with Gasteiger partial charge in [0.15, 0.2) is 5.96 Å². The van der Waals surface area contributed by atoms with E-state index in [-0.39, 0.29) is 5.41 Å². The highest BCUT2D eigenvalue weighted by atomic mass is 16.5. The molecular formula is C22H37N3O2. The van der Waals surface area contributed by atoms with Crippen molar-refractivity contribution in [1.29, 1.82) is 0 Å². The summed E-state index contributed by atoms with van der Waals surface area (Å²) in [6.07, 6.45) is 6.31. The molecule has 0 radical (unpaired) electrons. The number of hydrogen-bond donors (Lipinski definition) is 2. The fourth-order valence-electron chi connectivity index (χ4n) is 3.90. The smallest absolute Gasteiger partial charge is 0.191 e. The van der Waals surface area contributed by atoms with Gasteiger partial charge >= 0.3 is 0 Å². The van der Waals surface area contributed by atoms with Crippen LogP contribution in [0.2, 0.25) is 0 Å². The zero-order chi connectivity index (χ0) is 19.8.